The van der Waals surface area contributed by atoms with Crippen molar-refractivity contribution in [3.05, 3.63) is 47.7 Å². The second kappa shape index (κ2) is 9.53. The van der Waals surface area contributed by atoms with Gasteiger partial charge in [-0.3, -0.25) is 4.79 Å². The minimum atomic E-state index is -2.13. The third kappa shape index (κ3) is 6.33. The Labute approximate surface area is 185 Å². The molecule has 0 saturated heterocycles. The van der Waals surface area contributed by atoms with Crippen LogP contribution in [0.5, 0.6) is 11.5 Å². The number of pyridine rings is 1. The third-order valence-electron chi connectivity index (χ3n) is 5.05. The van der Waals surface area contributed by atoms with E-state index in [1.165, 1.54) is 18.3 Å². The number of benzene rings is 1. The number of hydrogen-bond donors (Lipinski definition) is 1. The van der Waals surface area contributed by atoms with Crippen LogP contribution in [-0.2, 0) is 15.8 Å². The summed E-state index contributed by atoms with van der Waals surface area (Å²) >= 11 is 3.17. The Balaban J connectivity index is 2.22. The molecule has 1 amide bonds. The van der Waals surface area contributed by atoms with Gasteiger partial charge in [0.25, 0.3) is 0 Å². The van der Waals surface area contributed by atoms with Gasteiger partial charge in [0.2, 0.25) is 5.91 Å². The van der Waals surface area contributed by atoms with Crippen LogP contribution >= 0.6 is 15.9 Å². The summed E-state index contributed by atoms with van der Waals surface area (Å²) in [5, 5.41) is 2.58. The smallest absolute Gasteiger partial charge is 0.239 e. The first-order chi connectivity index (χ1) is 13.8. The Hall–Kier alpha value is -1.84. The summed E-state index contributed by atoms with van der Waals surface area (Å²) in [5.41, 5.74) is 0.280. The number of carbonyl (C=O) groups is 1. The molecule has 0 aliphatic rings. The molecule has 5 nitrogen and oxygen atoms in total. The molecule has 1 aromatic carbocycles. The van der Waals surface area contributed by atoms with Gasteiger partial charge < -0.3 is 14.5 Å². The molecular weight excluding hydrogens is 474 g/mol. The summed E-state index contributed by atoms with van der Waals surface area (Å²) in [6.07, 6.45) is 1.36. The van der Waals surface area contributed by atoms with Crippen molar-refractivity contribution in [2.24, 2.45) is 0 Å². The lowest BCUT2D eigenvalue weighted by atomic mass is 10.2. The van der Waals surface area contributed by atoms with E-state index in [4.69, 9.17) is 9.16 Å². The second-order valence-electron chi connectivity index (χ2n) is 8.51. The number of hydrogen-bond acceptors (Lipinski definition) is 4. The van der Waals surface area contributed by atoms with Crippen molar-refractivity contribution in [1.82, 2.24) is 4.98 Å². The first kappa shape index (κ1) is 24.4. The first-order valence-electron chi connectivity index (χ1n) is 9.51. The Morgan fingerprint density at radius 3 is 2.47 bits per heavy atom. The summed E-state index contributed by atoms with van der Waals surface area (Å²) in [4.78, 5) is 15.4. The molecule has 2 rings (SSSR count). The fourth-order valence-corrected chi connectivity index (χ4v) is 3.23. The van der Waals surface area contributed by atoms with Crippen LogP contribution in [0.2, 0.25) is 18.1 Å². The van der Waals surface area contributed by atoms with Crippen LogP contribution in [0.1, 0.15) is 33.3 Å². The van der Waals surface area contributed by atoms with Gasteiger partial charge in [-0.15, -0.1) is 0 Å². The number of carbonyl (C=O) groups excluding carboxylic acids is 1. The molecule has 0 saturated carbocycles. The van der Waals surface area contributed by atoms with Crippen molar-refractivity contribution in [2.75, 3.05) is 5.32 Å². The second-order valence-corrected chi connectivity index (χ2v) is 14.7. The summed E-state index contributed by atoms with van der Waals surface area (Å²) in [6, 6.07) is 5.06. The number of nitrogens with one attached hydrogen (secondary N) is 1. The summed E-state index contributed by atoms with van der Waals surface area (Å²) < 4.78 is 40.1. The molecule has 0 bridgehead atoms. The molecule has 164 valence electrons. The highest BCUT2D eigenvalue weighted by molar-refractivity contribution is 9.10. The van der Waals surface area contributed by atoms with Gasteiger partial charge in [0.15, 0.2) is 19.9 Å². The lowest BCUT2D eigenvalue weighted by Crippen LogP contribution is -2.40. The molecule has 2 aromatic rings. The topological polar surface area (TPSA) is 60.5 Å². The van der Waals surface area contributed by atoms with Gasteiger partial charge in [0.05, 0.1) is 17.6 Å². The van der Waals surface area contributed by atoms with Crippen LogP contribution < -0.4 is 10.1 Å². The number of anilines is 1. The SMILES string of the molecule is C[C@@H](Br)C(=O)Nc1ccc(Oc2c(F)cc(F)cc2CO[Si](C)(C)C(C)(C)C)cn1. The maximum Gasteiger partial charge on any atom is 0.239 e. The van der Waals surface area contributed by atoms with E-state index in [9.17, 15) is 13.6 Å². The average Bonchev–Trinajstić information content (AvgIpc) is 2.62. The Morgan fingerprint density at radius 1 is 1.27 bits per heavy atom. The molecule has 0 aliphatic carbocycles. The van der Waals surface area contributed by atoms with E-state index in [0.717, 1.165) is 6.07 Å². The van der Waals surface area contributed by atoms with Crippen LogP contribution in [0, 0.1) is 11.6 Å². The Bertz CT molecular complexity index is 900. The van der Waals surface area contributed by atoms with E-state index in [1.807, 2.05) is 0 Å². The summed E-state index contributed by atoms with van der Waals surface area (Å²) in [5.74, 6) is -1.30. The van der Waals surface area contributed by atoms with Gasteiger partial charge >= 0.3 is 0 Å². The molecule has 0 aliphatic heterocycles. The molecule has 0 unspecified atom stereocenters. The lowest BCUT2D eigenvalue weighted by Gasteiger charge is -2.36. The maximum absolute atomic E-state index is 14.5. The van der Waals surface area contributed by atoms with E-state index >= 15 is 0 Å². The number of rotatable bonds is 7. The van der Waals surface area contributed by atoms with Crippen molar-refractivity contribution < 1.29 is 22.7 Å². The number of nitrogens with zero attached hydrogens (tertiary/aromatic N) is 1. The fourth-order valence-electron chi connectivity index (χ4n) is 2.17. The molecular formula is C21H27BrF2N2O3Si. The highest BCUT2D eigenvalue weighted by Crippen LogP contribution is 2.38. The van der Waals surface area contributed by atoms with Crippen LogP contribution in [0.3, 0.4) is 0 Å². The zero-order valence-electron chi connectivity index (χ0n) is 18.0. The largest absolute Gasteiger partial charge is 0.452 e. The number of halogens is 3. The van der Waals surface area contributed by atoms with E-state index < -0.39 is 20.0 Å². The van der Waals surface area contributed by atoms with Crippen molar-refractivity contribution in [3.63, 3.8) is 0 Å². The standard InChI is InChI=1S/C21H27BrF2N2O3Si/c1-13(22)20(27)26-18-8-7-16(11-25-18)29-19-14(9-15(23)10-17(19)24)12-28-30(5,6)21(2,3)4/h7-11,13H,12H2,1-6H3,(H,25,26,27)/t13-/m1/s1. The van der Waals surface area contributed by atoms with Gasteiger partial charge in [-0.2, -0.15) is 0 Å². The molecule has 30 heavy (non-hydrogen) atoms. The minimum Gasteiger partial charge on any atom is -0.452 e. The van der Waals surface area contributed by atoms with Crippen molar-refractivity contribution >= 4 is 36.0 Å². The normalized spacial score (nSPS) is 13.1. The zero-order valence-corrected chi connectivity index (χ0v) is 20.6. The lowest BCUT2D eigenvalue weighted by molar-refractivity contribution is -0.115. The fraction of sp³-hybridized carbons (Fsp3) is 0.429. The molecule has 0 radical (unpaired) electrons. The first-order valence-corrected chi connectivity index (χ1v) is 13.3. The van der Waals surface area contributed by atoms with E-state index in [1.54, 1.807) is 13.0 Å². The Kier molecular flexibility index (Phi) is 7.76. The van der Waals surface area contributed by atoms with Crippen LogP contribution in [0.15, 0.2) is 30.5 Å². The number of alkyl halides is 1. The van der Waals surface area contributed by atoms with Gasteiger partial charge in [-0.1, -0.05) is 36.7 Å². The summed E-state index contributed by atoms with van der Waals surface area (Å²) in [7, 11) is -2.13. The van der Waals surface area contributed by atoms with E-state index in [2.05, 4.69) is 60.1 Å². The Morgan fingerprint density at radius 2 is 1.93 bits per heavy atom. The van der Waals surface area contributed by atoms with E-state index in [0.29, 0.717) is 5.82 Å². The molecule has 1 aromatic heterocycles. The monoisotopic (exact) mass is 500 g/mol. The minimum absolute atomic E-state index is 0.0329. The number of aromatic nitrogens is 1. The molecule has 1 atom stereocenters. The quantitative estimate of drug-likeness (QED) is 0.353. The molecule has 1 heterocycles. The zero-order chi connectivity index (χ0) is 22.7. The van der Waals surface area contributed by atoms with Gasteiger partial charge in [-0.25, -0.2) is 13.8 Å². The molecule has 1 N–H and O–H groups in total. The van der Waals surface area contributed by atoms with Crippen LogP contribution in [-0.4, -0.2) is 24.0 Å². The van der Waals surface area contributed by atoms with Gasteiger partial charge in [0, 0.05) is 11.6 Å². The third-order valence-corrected chi connectivity index (χ3v) is 9.94. The predicted octanol–water partition coefficient (Wildman–Crippen LogP) is 6.40. The summed E-state index contributed by atoms with van der Waals surface area (Å²) in [6.45, 7) is 12.1. The molecule has 9 heteroatoms. The highest BCUT2D eigenvalue weighted by atomic mass is 79.9. The highest BCUT2D eigenvalue weighted by Gasteiger charge is 2.37. The molecule has 0 spiro atoms. The van der Waals surface area contributed by atoms with Crippen molar-refractivity contribution in [2.45, 2.75) is 57.3 Å². The maximum atomic E-state index is 14.5. The van der Waals surface area contributed by atoms with Crippen molar-refractivity contribution in [1.29, 1.82) is 0 Å². The van der Waals surface area contributed by atoms with Gasteiger partial charge in [0.1, 0.15) is 17.4 Å². The molecule has 0 fully saturated rings. The van der Waals surface area contributed by atoms with Gasteiger partial charge in [-0.05, 0) is 43.3 Å². The van der Waals surface area contributed by atoms with E-state index in [-0.39, 0.29) is 39.4 Å². The predicted molar refractivity (Wildman–Crippen MR) is 120 cm³/mol. The average molecular weight is 501 g/mol. The number of ether oxygens (including phenoxy) is 1. The van der Waals surface area contributed by atoms with Crippen molar-refractivity contribution in [3.8, 4) is 11.5 Å². The van der Waals surface area contributed by atoms with Crippen LogP contribution in [0.4, 0.5) is 14.6 Å². The number of amides is 1. The van der Waals surface area contributed by atoms with Crippen LogP contribution in [0.25, 0.3) is 0 Å².